The molecule has 5 heteroatoms. The van der Waals surface area contributed by atoms with Crippen LogP contribution in [0.15, 0.2) is 48.5 Å². The number of para-hydroxylation sites is 1. The summed E-state index contributed by atoms with van der Waals surface area (Å²) in [6.45, 7) is 0.907. The maximum atomic E-state index is 5.67. The zero-order valence-corrected chi connectivity index (χ0v) is 11.2. The van der Waals surface area contributed by atoms with Gasteiger partial charge in [0, 0.05) is 0 Å². The van der Waals surface area contributed by atoms with Crippen LogP contribution in [0.2, 0.25) is 0 Å². The Bertz CT molecular complexity index is 692. The van der Waals surface area contributed by atoms with Crippen LogP contribution < -0.4 is 4.74 Å². The molecule has 3 rings (SSSR count). The van der Waals surface area contributed by atoms with Gasteiger partial charge >= 0.3 is 0 Å². The van der Waals surface area contributed by atoms with Gasteiger partial charge in [0.15, 0.2) is 0 Å². The van der Waals surface area contributed by atoms with Gasteiger partial charge in [-0.25, -0.2) is 4.68 Å². The van der Waals surface area contributed by atoms with Crippen LogP contribution in [0.1, 0.15) is 5.56 Å². The molecule has 0 aliphatic carbocycles. The number of hydrogen-bond donors (Lipinski definition) is 0. The Hall–Kier alpha value is -2.40. The van der Waals surface area contributed by atoms with E-state index in [2.05, 4.69) is 10.3 Å². The summed E-state index contributed by atoms with van der Waals surface area (Å²) in [4.78, 5) is 0. The molecular formula is C15H15N3O2. The van der Waals surface area contributed by atoms with Gasteiger partial charge in [0.2, 0.25) is 0 Å². The zero-order chi connectivity index (χ0) is 13.8. The standard InChI is InChI=1S/C15H15N3O2/c1-19-13-8-6-12(7-9-13)10-20-11-18-15-5-3-2-4-14(15)16-17-18/h2-9H,10-11H2,1H3. The van der Waals surface area contributed by atoms with Gasteiger partial charge in [-0.05, 0) is 29.8 Å². The molecule has 1 aromatic heterocycles. The second-order valence-electron chi connectivity index (χ2n) is 4.40. The van der Waals surface area contributed by atoms with Crippen LogP contribution in [0, 0.1) is 0 Å². The molecule has 0 N–H and O–H groups in total. The summed E-state index contributed by atoms with van der Waals surface area (Å²) < 4.78 is 12.5. The van der Waals surface area contributed by atoms with Crippen LogP contribution in [0.3, 0.4) is 0 Å². The minimum Gasteiger partial charge on any atom is -0.497 e. The van der Waals surface area contributed by atoms with E-state index in [0.717, 1.165) is 22.3 Å². The first-order valence-corrected chi connectivity index (χ1v) is 6.36. The van der Waals surface area contributed by atoms with Crippen molar-refractivity contribution < 1.29 is 9.47 Å². The molecule has 0 saturated heterocycles. The van der Waals surface area contributed by atoms with Crippen LogP contribution in [-0.4, -0.2) is 22.1 Å². The minimum absolute atomic E-state index is 0.381. The van der Waals surface area contributed by atoms with E-state index >= 15 is 0 Å². The third kappa shape index (κ3) is 2.62. The highest BCUT2D eigenvalue weighted by molar-refractivity contribution is 5.73. The Morgan fingerprint density at radius 3 is 2.65 bits per heavy atom. The van der Waals surface area contributed by atoms with E-state index in [-0.39, 0.29) is 0 Å². The molecule has 0 saturated carbocycles. The highest BCUT2D eigenvalue weighted by Gasteiger charge is 2.03. The number of ether oxygens (including phenoxy) is 2. The predicted molar refractivity (Wildman–Crippen MR) is 75.3 cm³/mol. The Kier molecular flexibility index (Phi) is 3.60. The smallest absolute Gasteiger partial charge is 0.142 e. The highest BCUT2D eigenvalue weighted by Crippen LogP contribution is 2.13. The molecule has 102 valence electrons. The van der Waals surface area contributed by atoms with Gasteiger partial charge in [-0.3, -0.25) is 0 Å². The number of fused-ring (bicyclic) bond motifs is 1. The van der Waals surface area contributed by atoms with Crippen LogP contribution in [0.5, 0.6) is 5.75 Å². The summed E-state index contributed by atoms with van der Waals surface area (Å²) in [6.07, 6.45) is 0. The summed E-state index contributed by atoms with van der Waals surface area (Å²) in [5, 5.41) is 8.16. The molecule has 0 aliphatic heterocycles. The molecule has 1 heterocycles. The number of aromatic nitrogens is 3. The van der Waals surface area contributed by atoms with Gasteiger partial charge in [0.1, 0.15) is 18.0 Å². The van der Waals surface area contributed by atoms with Crippen molar-refractivity contribution in [3.8, 4) is 5.75 Å². The van der Waals surface area contributed by atoms with Gasteiger partial charge in [0.25, 0.3) is 0 Å². The van der Waals surface area contributed by atoms with Crippen molar-refractivity contribution in [2.45, 2.75) is 13.3 Å². The Balaban J connectivity index is 1.62. The van der Waals surface area contributed by atoms with Gasteiger partial charge in [0.05, 0.1) is 19.2 Å². The fourth-order valence-electron chi connectivity index (χ4n) is 1.98. The summed E-state index contributed by atoms with van der Waals surface area (Å²) in [5.41, 5.74) is 2.94. The molecule has 0 unspecified atom stereocenters. The van der Waals surface area contributed by atoms with Crippen LogP contribution in [-0.2, 0) is 18.1 Å². The van der Waals surface area contributed by atoms with E-state index in [1.54, 1.807) is 11.8 Å². The van der Waals surface area contributed by atoms with E-state index in [1.807, 2.05) is 48.5 Å². The van der Waals surface area contributed by atoms with E-state index in [9.17, 15) is 0 Å². The molecule has 2 aromatic carbocycles. The van der Waals surface area contributed by atoms with E-state index in [0.29, 0.717) is 13.3 Å². The van der Waals surface area contributed by atoms with Crippen molar-refractivity contribution in [2.75, 3.05) is 7.11 Å². The molecule has 0 amide bonds. The molecule has 0 bridgehead atoms. The van der Waals surface area contributed by atoms with Crippen molar-refractivity contribution in [1.82, 2.24) is 15.0 Å². The summed E-state index contributed by atoms with van der Waals surface area (Å²) in [7, 11) is 1.65. The number of benzene rings is 2. The van der Waals surface area contributed by atoms with E-state index < -0.39 is 0 Å². The van der Waals surface area contributed by atoms with Crippen LogP contribution >= 0.6 is 0 Å². The molecular weight excluding hydrogens is 254 g/mol. The third-order valence-corrected chi connectivity index (χ3v) is 3.06. The lowest BCUT2D eigenvalue weighted by Crippen LogP contribution is -2.04. The average Bonchev–Trinajstić information content (AvgIpc) is 2.92. The first-order valence-electron chi connectivity index (χ1n) is 6.36. The first kappa shape index (κ1) is 12.6. The minimum atomic E-state index is 0.381. The predicted octanol–water partition coefficient (Wildman–Crippen LogP) is 2.61. The fourth-order valence-corrected chi connectivity index (χ4v) is 1.98. The molecule has 0 aliphatic rings. The first-order chi connectivity index (χ1) is 9.86. The van der Waals surface area contributed by atoms with Crippen molar-refractivity contribution in [3.05, 3.63) is 54.1 Å². The van der Waals surface area contributed by atoms with Crippen molar-refractivity contribution in [1.29, 1.82) is 0 Å². The average molecular weight is 269 g/mol. The quantitative estimate of drug-likeness (QED) is 0.714. The fraction of sp³-hybridized carbons (Fsp3) is 0.200. The van der Waals surface area contributed by atoms with Gasteiger partial charge in [-0.15, -0.1) is 5.10 Å². The van der Waals surface area contributed by atoms with Crippen LogP contribution in [0.25, 0.3) is 11.0 Å². The van der Waals surface area contributed by atoms with E-state index in [1.165, 1.54) is 0 Å². The topological polar surface area (TPSA) is 49.2 Å². The lowest BCUT2D eigenvalue weighted by Gasteiger charge is -2.06. The summed E-state index contributed by atoms with van der Waals surface area (Å²) in [6, 6.07) is 15.6. The van der Waals surface area contributed by atoms with Gasteiger partial charge in [-0.2, -0.15) is 0 Å². The van der Waals surface area contributed by atoms with Gasteiger partial charge in [-0.1, -0.05) is 29.5 Å². The summed E-state index contributed by atoms with van der Waals surface area (Å²) in [5.74, 6) is 0.844. The highest BCUT2D eigenvalue weighted by atomic mass is 16.5. The normalized spacial score (nSPS) is 10.8. The number of methoxy groups -OCH3 is 1. The van der Waals surface area contributed by atoms with Crippen molar-refractivity contribution in [2.24, 2.45) is 0 Å². The Morgan fingerprint density at radius 1 is 1.05 bits per heavy atom. The zero-order valence-electron chi connectivity index (χ0n) is 11.2. The largest absolute Gasteiger partial charge is 0.497 e. The maximum absolute atomic E-state index is 5.67. The maximum Gasteiger partial charge on any atom is 0.142 e. The molecule has 0 fully saturated rings. The molecule has 0 spiro atoms. The molecule has 3 aromatic rings. The summed E-state index contributed by atoms with van der Waals surface area (Å²) >= 11 is 0. The molecule has 0 radical (unpaired) electrons. The van der Waals surface area contributed by atoms with E-state index in [4.69, 9.17) is 9.47 Å². The second-order valence-corrected chi connectivity index (χ2v) is 4.40. The van der Waals surface area contributed by atoms with Crippen molar-refractivity contribution in [3.63, 3.8) is 0 Å². The SMILES string of the molecule is COc1ccc(COCn2nnc3ccccc32)cc1. The Morgan fingerprint density at radius 2 is 1.85 bits per heavy atom. The lowest BCUT2D eigenvalue weighted by molar-refractivity contribution is 0.0577. The van der Waals surface area contributed by atoms with Gasteiger partial charge < -0.3 is 9.47 Å². The lowest BCUT2D eigenvalue weighted by atomic mass is 10.2. The monoisotopic (exact) mass is 269 g/mol. The number of rotatable bonds is 5. The number of hydrogen-bond acceptors (Lipinski definition) is 4. The van der Waals surface area contributed by atoms with Crippen LogP contribution in [0.4, 0.5) is 0 Å². The van der Waals surface area contributed by atoms with Crippen molar-refractivity contribution >= 4 is 11.0 Å². The molecule has 20 heavy (non-hydrogen) atoms. The number of nitrogens with zero attached hydrogens (tertiary/aromatic N) is 3. The Labute approximate surface area is 116 Å². The molecule has 5 nitrogen and oxygen atoms in total. The third-order valence-electron chi connectivity index (χ3n) is 3.06. The molecule has 0 atom stereocenters. The second kappa shape index (κ2) is 5.71.